The van der Waals surface area contributed by atoms with Crippen molar-refractivity contribution in [1.29, 1.82) is 0 Å². The standard InChI is InChI=1S/C25H26FN3O5/c26-20-12-16(13-28-8-10-33-11-9-28)4-5-17(20)15-34-22-3-1-2-18-19(22)14-29(25(18)32)21-6-7-23(30)27-24(21)31/h1-5,12,21H,6-11,13-15H2,(H,27,30,31)/t21-/m1/s1. The van der Waals surface area contributed by atoms with E-state index in [-0.39, 0.29) is 37.2 Å². The molecule has 0 aliphatic carbocycles. The summed E-state index contributed by atoms with van der Waals surface area (Å²) < 4.78 is 26.1. The third-order valence-corrected chi connectivity index (χ3v) is 6.55. The van der Waals surface area contributed by atoms with E-state index < -0.39 is 11.9 Å². The average Bonchev–Trinajstić information content (AvgIpc) is 3.16. The van der Waals surface area contributed by atoms with Gasteiger partial charge in [-0.25, -0.2) is 4.39 Å². The number of nitrogens with zero attached hydrogens (tertiary/aromatic N) is 2. The monoisotopic (exact) mass is 467 g/mol. The molecule has 0 unspecified atom stereocenters. The molecule has 0 saturated carbocycles. The summed E-state index contributed by atoms with van der Waals surface area (Å²) in [5.41, 5.74) is 2.45. The highest BCUT2D eigenvalue weighted by Gasteiger charge is 2.40. The number of imide groups is 1. The molecular weight excluding hydrogens is 441 g/mol. The molecule has 0 bridgehead atoms. The number of ether oxygens (including phenoxy) is 2. The summed E-state index contributed by atoms with van der Waals surface area (Å²) in [4.78, 5) is 40.4. The van der Waals surface area contributed by atoms with E-state index in [1.54, 1.807) is 24.3 Å². The first-order chi connectivity index (χ1) is 16.5. The highest BCUT2D eigenvalue weighted by molar-refractivity contribution is 6.05. The molecule has 5 rings (SSSR count). The molecule has 0 aromatic heterocycles. The lowest BCUT2D eigenvalue weighted by Crippen LogP contribution is -2.52. The van der Waals surface area contributed by atoms with Crippen molar-refractivity contribution in [2.75, 3.05) is 26.3 Å². The Balaban J connectivity index is 1.26. The van der Waals surface area contributed by atoms with E-state index in [1.807, 2.05) is 6.07 Å². The molecule has 2 aromatic carbocycles. The zero-order valence-electron chi connectivity index (χ0n) is 18.7. The second-order valence-electron chi connectivity index (χ2n) is 8.79. The van der Waals surface area contributed by atoms with Crippen LogP contribution in [0.1, 0.15) is 39.9 Å². The van der Waals surface area contributed by atoms with Crippen molar-refractivity contribution < 1.29 is 28.2 Å². The molecule has 2 saturated heterocycles. The Morgan fingerprint density at radius 2 is 1.94 bits per heavy atom. The first kappa shape index (κ1) is 22.5. The largest absolute Gasteiger partial charge is 0.488 e. The van der Waals surface area contributed by atoms with Gasteiger partial charge in [-0.05, 0) is 30.2 Å². The van der Waals surface area contributed by atoms with Gasteiger partial charge < -0.3 is 14.4 Å². The molecule has 1 N–H and O–H groups in total. The van der Waals surface area contributed by atoms with E-state index in [0.717, 1.165) is 18.7 Å². The third-order valence-electron chi connectivity index (χ3n) is 6.55. The van der Waals surface area contributed by atoms with Crippen LogP contribution in [0.4, 0.5) is 4.39 Å². The summed E-state index contributed by atoms with van der Waals surface area (Å²) in [6.07, 6.45) is 0.489. The number of piperidine rings is 1. The van der Waals surface area contributed by atoms with Gasteiger partial charge in [0.05, 0.1) is 19.8 Å². The van der Waals surface area contributed by atoms with Crippen molar-refractivity contribution in [3.63, 3.8) is 0 Å². The van der Waals surface area contributed by atoms with Crippen molar-refractivity contribution in [2.45, 2.75) is 38.6 Å². The van der Waals surface area contributed by atoms with Crippen LogP contribution < -0.4 is 10.1 Å². The predicted octanol–water partition coefficient (Wildman–Crippen LogP) is 2.00. The van der Waals surface area contributed by atoms with Gasteiger partial charge in [0.15, 0.2) is 0 Å². The second kappa shape index (κ2) is 9.52. The Morgan fingerprint density at radius 3 is 2.71 bits per heavy atom. The SMILES string of the molecule is O=C1CC[C@@H](N2Cc3c(OCc4ccc(CN5CCOCC5)cc4F)cccc3C2=O)C(=O)N1. The number of nitrogens with one attached hydrogen (secondary N) is 1. The minimum absolute atomic E-state index is 0.0206. The maximum Gasteiger partial charge on any atom is 0.255 e. The lowest BCUT2D eigenvalue weighted by Gasteiger charge is -2.29. The molecule has 34 heavy (non-hydrogen) atoms. The zero-order valence-corrected chi connectivity index (χ0v) is 18.7. The molecule has 2 fully saturated rings. The number of fused-ring (bicyclic) bond motifs is 1. The molecule has 1 atom stereocenters. The van der Waals surface area contributed by atoms with Crippen LogP contribution in [0.2, 0.25) is 0 Å². The van der Waals surface area contributed by atoms with Crippen LogP contribution in [0.3, 0.4) is 0 Å². The van der Waals surface area contributed by atoms with Crippen LogP contribution in [-0.2, 0) is 34.0 Å². The normalized spacial score (nSPS) is 20.9. The molecule has 0 spiro atoms. The summed E-state index contributed by atoms with van der Waals surface area (Å²) >= 11 is 0. The Kier molecular flexibility index (Phi) is 6.30. The van der Waals surface area contributed by atoms with Gasteiger partial charge in [-0.3, -0.25) is 24.6 Å². The number of halogens is 1. The fraction of sp³-hybridized carbons (Fsp3) is 0.400. The van der Waals surface area contributed by atoms with Gasteiger partial charge in [0.2, 0.25) is 11.8 Å². The van der Waals surface area contributed by atoms with E-state index in [1.165, 1.54) is 11.0 Å². The molecule has 3 heterocycles. The van der Waals surface area contributed by atoms with E-state index in [2.05, 4.69) is 10.2 Å². The summed E-state index contributed by atoms with van der Waals surface area (Å²) in [6, 6.07) is 9.62. The highest BCUT2D eigenvalue weighted by Crippen LogP contribution is 2.34. The van der Waals surface area contributed by atoms with Gasteiger partial charge >= 0.3 is 0 Å². The number of carbonyl (C=O) groups is 3. The summed E-state index contributed by atoms with van der Waals surface area (Å²) in [5.74, 6) is -0.905. The fourth-order valence-electron chi connectivity index (χ4n) is 4.67. The molecule has 3 aliphatic heterocycles. The smallest absolute Gasteiger partial charge is 0.255 e. The Hall–Kier alpha value is -3.30. The summed E-state index contributed by atoms with van der Waals surface area (Å²) in [7, 11) is 0. The van der Waals surface area contributed by atoms with Crippen LogP contribution in [0.5, 0.6) is 5.75 Å². The van der Waals surface area contributed by atoms with Crippen LogP contribution in [0, 0.1) is 5.82 Å². The van der Waals surface area contributed by atoms with Crippen molar-refractivity contribution in [1.82, 2.24) is 15.1 Å². The van der Waals surface area contributed by atoms with Crippen molar-refractivity contribution >= 4 is 17.7 Å². The number of rotatable bonds is 6. The molecule has 9 heteroatoms. The number of hydrogen-bond acceptors (Lipinski definition) is 6. The second-order valence-corrected chi connectivity index (χ2v) is 8.79. The van der Waals surface area contributed by atoms with Crippen LogP contribution in [-0.4, -0.2) is 59.9 Å². The van der Waals surface area contributed by atoms with Crippen molar-refractivity contribution in [3.8, 4) is 5.75 Å². The number of amides is 3. The summed E-state index contributed by atoms with van der Waals surface area (Å²) in [5, 5.41) is 2.30. The zero-order chi connectivity index (χ0) is 23.7. The van der Waals surface area contributed by atoms with E-state index in [9.17, 15) is 18.8 Å². The van der Waals surface area contributed by atoms with E-state index in [4.69, 9.17) is 9.47 Å². The van der Waals surface area contributed by atoms with Gasteiger partial charge in [0, 0.05) is 42.7 Å². The maximum atomic E-state index is 14.8. The van der Waals surface area contributed by atoms with Crippen LogP contribution in [0.15, 0.2) is 36.4 Å². The fourth-order valence-corrected chi connectivity index (χ4v) is 4.67. The Bertz CT molecular complexity index is 1130. The number of hydrogen-bond donors (Lipinski definition) is 1. The first-order valence-electron chi connectivity index (χ1n) is 11.5. The molecule has 178 valence electrons. The van der Waals surface area contributed by atoms with Gasteiger partial charge in [-0.15, -0.1) is 0 Å². The molecule has 3 aliphatic rings. The van der Waals surface area contributed by atoms with Crippen LogP contribution in [0.25, 0.3) is 0 Å². The van der Waals surface area contributed by atoms with E-state index >= 15 is 0 Å². The number of morpholine rings is 1. The first-order valence-corrected chi connectivity index (χ1v) is 11.5. The average molecular weight is 467 g/mol. The predicted molar refractivity (Wildman–Crippen MR) is 119 cm³/mol. The number of benzene rings is 2. The molecule has 0 radical (unpaired) electrons. The Labute approximate surface area is 196 Å². The quantitative estimate of drug-likeness (QED) is 0.654. The molecule has 3 amide bonds. The van der Waals surface area contributed by atoms with Gasteiger partial charge in [0.25, 0.3) is 5.91 Å². The highest BCUT2D eigenvalue weighted by atomic mass is 19.1. The topological polar surface area (TPSA) is 88.2 Å². The van der Waals surface area contributed by atoms with Crippen molar-refractivity contribution in [2.24, 2.45) is 0 Å². The van der Waals surface area contributed by atoms with Gasteiger partial charge in [0.1, 0.15) is 24.2 Å². The Morgan fingerprint density at radius 1 is 1.12 bits per heavy atom. The van der Waals surface area contributed by atoms with Crippen molar-refractivity contribution in [3.05, 3.63) is 64.5 Å². The molecule has 2 aromatic rings. The van der Waals surface area contributed by atoms with Gasteiger partial charge in [-0.1, -0.05) is 18.2 Å². The van der Waals surface area contributed by atoms with E-state index in [0.29, 0.717) is 48.6 Å². The minimum atomic E-state index is -0.693. The maximum absolute atomic E-state index is 14.8. The van der Waals surface area contributed by atoms with Gasteiger partial charge in [-0.2, -0.15) is 0 Å². The number of carbonyl (C=O) groups excluding carboxylic acids is 3. The molecular formula is C25H26FN3O5. The van der Waals surface area contributed by atoms with Crippen LogP contribution >= 0.6 is 0 Å². The minimum Gasteiger partial charge on any atom is -0.488 e. The summed E-state index contributed by atoms with van der Waals surface area (Å²) in [6.45, 7) is 3.95. The third kappa shape index (κ3) is 4.53. The lowest BCUT2D eigenvalue weighted by atomic mass is 10.0. The lowest BCUT2D eigenvalue weighted by molar-refractivity contribution is -0.136. The molecule has 8 nitrogen and oxygen atoms in total.